The van der Waals surface area contributed by atoms with E-state index in [1.807, 2.05) is 0 Å². The normalized spacial score (nSPS) is 27.9. The summed E-state index contributed by atoms with van der Waals surface area (Å²) >= 11 is 0. The molecular weight excluding hydrogens is 871 g/mol. The number of amides is 4. The molecule has 0 unspecified atom stereocenters. The SMILES string of the molecule is COc1cc2nc(C(F)(F)F)c(OC)nc2cc1O[C@@H]1C[C@H]2C(=O)N[C@]3(C(=O)NS(=O)(=O)C4(C)CC4)C[C@H]3C=CCC[C@H](C)C[C@@H](C)[C@H](N(C(=O)O)C(C)(C)C(F)(F)F)C(=O)N2C1. The number of methoxy groups -OCH3 is 2. The van der Waals surface area contributed by atoms with E-state index in [1.54, 1.807) is 19.1 Å². The van der Waals surface area contributed by atoms with Gasteiger partial charge in [-0.2, -0.15) is 26.3 Å². The fraction of sp³-hybridized carbons (Fsp3) is 0.650. The van der Waals surface area contributed by atoms with E-state index in [1.165, 1.54) is 27.0 Å². The second-order valence-corrected chi connectivity index (χ2v) is 19.9. The summed E-state index contributed by atoms with van der Waals surface area (Å²) in [5.74, 6) is -6.41. The van der Waals surface area contributed by atoms with Gasteiger partial charge < -0.3 is 29.5 Å². The molecule has 0 radical (unpaired) electrons. The zero-order chi connectivity index (χ0) is 46.8. The minimum Gasteiger partial charge on any atom is -0.493 e. The Bertz CT molecular complexity index is 2310. The predicted molar refractivity (Wildman–Crippen MR) is 211 cm³/mol. The quantitative estimate of drug-likeness (QED) is 0.208. The molecule has 0 bridgehead atoms. The zero-order valence-electron chi connectivity index (χ0n) is 35.5. The summed E-state index contributed by atoms with van der Waals surface area (Å²) in [6, 6.07) is -1.39. The van der Waals surface area contributed by atoms with E-state index in [2.05, 4.69) is 20.0 Å². The number of nitrogens with zero attached hydrogens (tertiary/aromatic N) is 4. The van der Waals surface area contributed by atoms with Crippen LogP contribution < -0.4 is 24.2 Å². The summed E-state index contributed by atoms with van der Waals surface area (Å²) in [6.07, 6.45) is -8.93. The van der Waals surface area contributed by atoms with Gasteiger partial charge in [-0.15, -0.1) is 0 Å². The van der Waals surface area contributed by atoms with E-state index in [4.69, 9.17) is 14.2 Å². The summed E-state index contributed by atoms with van der Waals surface area (Å²) in [6.45, 7) is 5.40. The number of nitrogens with one attached hydrogen (secondary N) is 2. The van der Waals surface area contributed by atoms with Crippen LogP contribution in [-0.2, 0) is 30.6 Å². The summed E-state index contributed by atoms with van der Waals surface area (Å²) in [4.78, 5) is 65.1. The van der Waals surface area contributed by atoms with E-state index >= 15 is 4.79 Å². The van der Waals surface area contributed by atoms with Gasteiger partial charge in [0.05, 0.1) is 36.5 Å². The third kappa shape index (κ3) is 9.02. The highest BCUT2D eigenvalue weighted by molar-refractivity contribution is 7.91. The second kappa shape index (κ2) is 16.5. The van der Waals surface area contributed by atoms with Gasteiger partial charge in [0.1, 0.15) is 29.3 Å². The van der Waals surface area contributed by atoms with Crippen LogP contribution in [0.15, 0.2) is 24.3 Å². The van der Waals surface area contributed by atoms with Gasteiger partial charge in [0.2, 0.25) is 33.4 Å². The molecule has 0 spiro atoms. The fourth-order valence-corrected chi connectivity index (χ4v) is 9.70. The van der Waals surface area contributed by atoms with Crippen molar-refractivity contribution in [3.05, 3.63) is 30.0 Å². The number of carboxylic acid groups (broad SMARTS) is 1. The Morgan fingerprint density at radius 1 is 1.00 bits per heavy atom. The maximum absolute atomic E-state index is 15.0. The van der Waals surface area contributed by atoms with Gasteiger partial charge in [-0.1, -0.05) is 26.0 Å². The van der Waals surface area contributed by atoms with Crippen LogP contribution in [0.3, 0.4) is 0 Å². The molecule has 4 amide bonds. The van der Waals surface area contributed by atoms with Gasteiger partial charge in [0.15, 0.2) is 11.5 Å². The lowest BCUT2D eigenvalue weighted by molar-refractivity contribution is -0.222. The number of carbonyl (C=O) groups excluding carboxylic acids is 3. The first-order chi connectivity index (χ1) is 29.1. The maximum Gasteiger partial charge on any atom is 0.438 e. The standard InChI is InChI=1S/C40H50F6N6O10S/c1-20-10-8-9-11-22-18-38(22,34(55)50-63(58,59)37(5)12-13-37)49-31(53)26-15-23(19-51(26)33(54)29(21(2)14-20)52(35(56)57)36(3,4)40(44,45)46)62-28-17-25-24(16-27(28)60-6)47-30(39(41,42)43)32(48-25)61-7/h9,11,16-17,20-23,26,29H,8,10,12-15,18-19H2,1-7H3,(H,49,53)(H,50,55)(H,56,57)/t20-,21+,22+,23+,26-,29-,38+/m0/s1. The fourth-order valence-electron chi connectivity index (χ4n) is 8.39. The van der Waals surface area contributed by atoms with E-state index < -0.39 is 117 Å². The Balaban J connectivity index is 1.44. The molecule has 1 saturated heterocycles. The van der Waals surface area contributed by atoms with Crippen LogP contribution in [-0.4, -0.2) is 118 Å². The van der Waals surface area contributed by atoms with Crippen LogP contribution in [0.5, 0.6) is 17.4 Å². The molecule has 23 heteroatoms. The Morgan fingerprint density at radius 3 is 2.21 bits per heavy atom. The molecule has 7 atom stereocenters. The lowest BCUT2D eigenvalue weighted by atomic mass is 9.85. The van der Waals surface area contributed by atoms with Crippen LogP contribution in [0.25, 0.3) is 11.0 Å². The highest BCUT2D eigenvalue weighted by Gasteiger charge is 2.64. The summed E-state index contributed by atoms with van der Waals surface area (Å²) < 4.78 is 129. The number of rotatable bonds is 9. The number of sulfonamides is 1. The summed E-state index contributed by atoms with van der Waals surface area (Å²) in [7, 11) is -2.06. The van der Waals surface area contributed by atoms with Crippen LogP contribution in [0.4, 0.5) is 31.1 Å². The number of carbonyl (C=O) groups is 4. The van der Waals surface area contributed by atoms with Gasteiger partial charge in [-0.3, -0.25) is 24.0 Å². The molecule has 63 heavy (non-hydrogen) atoms. The maximum atomic E-state index is 15.0. The predicted octanol–water partition coefficient (Wildman–Crippen LogP) is 5.59. The first-order valence-corrected chi connectivity index (χ1v) is 21.7. The highest BCUT2D eigenvalue weighted by atomic mass is 32.2. The van der Waals surface area contributed by atoms with Crippen molar-refractivity contribution in [2.45, 2.75) is 126 Å². The average molecular weight is 921 g/mol. The molecule has 348 valence electrons. The van der Waals surface area contributed by atoms with Crippen LogP contribution in [0.1, 0.15) is 85.3 Å². The number of halogens is 6. The Labute approximate surface area is 359 Å². The molecular formula is C40H50F6N6O10S. The number of hydrogen-bond donors (Lipinski definition) is 3. The van der Waals surface area contributed by atoms with E-state index in [0.29, 0.717) is 39.5 Å². The monoisotopic (exact) mass is 920 g/mol. The highest BCUT2D eigenvalue weighted by Crippen LogP contribution is 2.48. The number of alkyl halides is 6. The van der Waals surface area contributed by atoms with Crippen molar-refractivity contribution in [3.63, 3.8) is 0 Å². The molecule has 2 saturated carbocycles. The molecule has 4 aliphatic rings. The van der Waals surface area contributed by atoms with E-state index in [9.17, 15) is 54.3 Å². The van der Waals surface area contributed by atoms with Crippen molar-refractivity contribution in [3.8, 4) is 17.4 Å². The lowest BCUT2D eigenvalue weighted by Crippen LogP contribution is -2.66. The van der Waals surface area contributed by atoms with Gasteiger partial charge in [0.25, 0.3) is 5.91 Å². The van der Waals surface area contributed by atoms with Crippen molar-refractivity contribution >= 4 is 44.9 Å². The van der Waals surface area contributed by atoms with Crippen molar-refractivity contribution in [1.82, 2.24) is 29.8 Å². The lowest BCUT2D eigenvalue weighted by Gasteiger charge is -2.45. The van der Waals surface area contributed by atoms with Crippen molar-refractivity contribution in [1.29, 1.82) is 0 Å². The van der Waals surface area contributed by atoms with Gasteiger partial charge in [0, 0.05) is 24.5 Å². The molecule has 3 fully saturated rings. The van der Waals surface area contributed by atoms with Gasteiger partial charge in [-0.05, 0) is 71.1 Å². The minimum atomic E-state index is -5.18. The van der Waals surface area contributed by atoms with Crippen molar-refractivity contribution in [2.75, 3.05) is 20.8 Å². The topological polar surface area (TPSA) is 207 Å². The van der Waals surface area contributed by atoms with E-state index in [0.717, 1.165) is 18.1 Å². The van der Waals surface area contributed by atoms with E-state index in [-0.39, 0.29) is 46.2 Å². The third-order valence-corrected chi connectivity index (χ3v) is 14.8. The van der Waals surface area contributed by atoms with Crippen LogP contribution >= 0.6 is 0 Å². The Hall–Kier alpha value is -5.09. The number of aromatic nitrogens is 2. The smallest absolute Gasteiger partial charge is 0.438 e. The number of allylic oxidation sites excluding steroid dienone is 1. The average Bonchev–Trinajstić information content (AvgIpc) is 4.06. The molecule has 3 heterocycles. The molecule has 1 aromatic heterocycles. The largest absolute Gasteiger partial charge is 0.493 e. The molecule has 2 aromatic rings. The van der Waals surface area contributed by atoms with Crippen molar-refractivity contribution in [2.24, 2.45) is 17.8 Å². The number of benzene rings is 1. The summed E-state index contributed by atoms with van der Waals surface area (Å²) in [5, 5.41) is 13.1. The number of fused-ring (bicyclic) bond motifs is 3. The Morgan fingerprint density at radius 2 is 1.63 bits per heavy atom. The zero-order valence-corrected chi connectivity index (χ0v) is 36.3. The van der Waals surface area contributed by atoms with Crippen LogP contribution in [0, 0.1) is 17.8 Å². The first-order valence-electron chi connectivity index (χ1n) is 20.2. The minimum absolute atomic E-state index is 0.0372. The van der Waals surface area contributed by atoms with Gasteiger partial charge >= 0.3 is 18.4 Å². The molecule has 3 N–H and O–H groups in total. The third-order valence-electron chi connectivity index (χ3n) is 12.7. The Kier molecular flexibility index (Phi) is 12.4. The number of ether oxygens (including phenoxy) is 3. The second-order valence-electron chi connectivity index (χ2n) is 17.7. The van der Waals surface area contributed by atoms with Crippen LogP contribution in [0.2, 0.25) is 0 Å². The molecule has 16 nitrogen and oxygen atoms in total. The number of hydrogen-bond acceptors (Lipinski definition) is 11. The van der Waals surface area contributed by atoms with Crippen molar-refractivity contribution < 1.29 is 73.3 Å². The molecule has 1 aromatic carbocycles. The first kappa shape index (κ1) is 47.4. The molecule has 6 rings (SSSR count). The summed E-state index contributed by atoms with van der Waals surface area (Å²) in [5.41, 5.74) is -6.79. The molecule has 2 aliphatic heterocycles. The molecule has 2 aliphatic carbocycles. The van der Waals surface area contributed by atoms with Gasteiger partial charge in [-0.25, -0.2) is 23.2 Å².